The molecule has 3 rings (SSSR count). The van der Waals surface area contributed by atoms with Crippen LogP contribution in [0, 0.1) is 0 Å². The number of aliphatic imine (C=N–C) groups is 1. The number of hydrogen-bond acceptors (Lipinski definition) is 3. The van der Waals surface area contributed by atoms with Crippen LogP contribution in [0.25, 0.3) is 0 Å². The van der Waals surface area contributed by atoms with Gasteiger partial charge in [0.25, 0.3) is 0 Å². The van der Waals surface area contributed by atoms with E-state index in [1.165, 1.54) is 0 Å². The van der Waals surface area contributed by atoms with E-state index in [4.69, 9.17) is 21.3 Å². The number of guanidine groups is 1. The third kappa shape index (κ3) is 5.18. The smallest absolute Gasteiger partial charge is 0.199 e. The average molecular weight is 402 g/mol. The molecule has 1 aliphatic heterocycles. The van der Waals surface area contributed by atoms with Gasteiger partial charge < -0.3 is 20.1 Å². The SMILES string of the molecule is CC(C)(C)c1ccc(O)c(NC(=NCc2ccccc2Cl)N2CCOCC2)c1. The van der Waals surface area contributed by atoms with Crippen molar-refractivity contribution in [2.75, 3.05) is 31.6 Å². The zero-order chi connectivity index (χ0) is 20.1. The second kappa shape index (κ2) is 8.84. The number of anilines is 1. The molecule has 2 aromatic rings. The number of halogens is 1. The Hall–Kier alpha value is -2.24. The maximum absolute atomic E-state index is 10.4. The maximum Gasteiger partial charge on any atom is 0.199 e. The molecule has 0 amide bonds. The monoisotopic (exact) mass is 401 g/mol. The van der Waals surface area contributed by atoms with Gasteiger partial charge in [0.1, 0.15) is 5.75 Å². The van der Waals surface area contributed by atoms with Gasteiger partial charge in [-0.15, -0.1) is 0 Å². The van der Waals surface area contributed by atoms with Crippen LogP contribution in [0.3, 0.4) is 0 Å². The Morgan fingerprint density at radius 3 is 2.57 bits per heavy atom. The van der Waals surface area contributed by atoms with Crippen molar-refractivity contribution in [3.8, 4) is 5.75 Å². The summed E-state index contributed by atoms with van der Waals surface area (Å²) in [6, 6.07) is 13.4. The number of phenols is 1. The lowest BCUT2D eigenvalue weighted by molar-refractivity contribution is 0.0679. The van der Waals surface area contributed by atoms with Gasteiger partial charge in [0, 0.05) is 18.1 Å². The first kappa shape index (κ1) is 20.5. The van der Waals surface area contributed by atoms with E-state index in [1.54, 1.807) is 6.07 Å². The predicted molar refractivity (Wildman–Crippen MR) is 115 cm³/mol. The van der Waals surface area contributed by atoms with Gasteiger partial charge >= 0.3 is 0 Å². The van der Waals surface area contributed by atoms with Crippen molar-refractivity contribution in [2.24, 2.45) is 4.99 Å². The van der Waals surface area contributed by atoms with E-state index in [0.717, 1.165) is 24.2 Å². The molecule has 1 aliphatic rings. The van der Waals surface area contributed by atoms with Gasteiger partial charge in [-0.05, 0) is 34.7 Å². The Balaban J connectivity index is 1.89. The molecule has 150 valence electrons. The second-order valence-corrected chi connectivity index (χ2v) is 8.34. The molecule has 0 unspecified atom stereocenters. The van der Waals surface area contributed by atoms with Crippen molar-refractivity contribution < 1.29 is 9.84 Å². The molecule has 0 atom stereocenters. The molecule has 0 bridgehead atoms. The molecule has 1 saturated heterocycles. The lowest BCUT2D eigenvalue weighted by atomic mass is 9.87. The zero-order valence-corrected chi connectivity index (χ0v) is 17.5. The van der Waals surface area contributed by atoms with Crippen molar-refractivity contribution >= 4 is 23.2 Å². The molecule has 2 aromatic carbocycles. The number of ether oxygens (including phenoxy) is 1. The summed E-state index contributed by atoms with van der Waals surface area (Å²) in [6.07, 6.45) is 0. The van der Waals surface area contributed by atoms with Crippen LogP contribution >= 0.6 is 11.6 Å². The quantitative estimate of drug-likeness (QED) is 0.446. The highest BCUT2D eigenvalue weighted by molar-refractivity contribution is 6.31. The summed E-state index contributed by atoms with van der Waals surface area (Å²) in [7, 11) is 0. The van der Waals surface area contributed by atoms with E-state index >= 15 is 0 Å². The van der Waals surface area contributed by atoms with Gasteiger partial charge in [-0.3, -0.25) is 0 Å². The molecule has 6 heteroatoms. The lowest BCUT2D eigenvalue weighted by Crippen LogP contribution is -2.44. The molecule has 0 saturated carbocycles. The minimum atomic E-state index is -0.0159. The van der Waals surface area contributed by atoms with Crippen molar-refractivity contribution in [1.29, 1.82) is 0 Å². The van der Waals surface area contributed by atoms with Crippen molar-refractivity contribution in [3.63, 3.8) is 0 Å². The van der Waals surface area contributed by atoms with Gasteiger partial charge in [0.05, 0.1) is 25.4 Å². The minimum Gasteiger partial charge on any atom is -0.506 e. The maximum atomic E-state index is 10.4. The van der Waals surface area contributed by atoms with Gasteiger partial charge in [-0.25, -0.2) is 4.99 Å². The fraction of sp³-hybridized carbons (Fsp3) is 0.409. The molecular formula is C22H28ClN3O2. The van der Waals surface area contributed by atoms with Crippen LogP contribution in [-0.2, 0) is 16.7 Å². The minimum absolute atomic E-state index is 0.0159. The van der Waals surface area contributed by atoms with E-state index in [9.17, 15) is 5.11 Å². The normalized spacial score (nSPS) is 15.6. The fourth-order valence-corrected chi connectivity index (χ4v) is 3.20. The number of morpholine rings is 1. The zero-order valence-electron chi connectivity index (χ0n) is 16.7. The number of aromatic hydroxyl groups is 1. The van der Waals surface area contributed by atoms with Crippen molar-refractivity contribution in [3.05, 3.63) is 58.6 Å². The van der Waals surface area contributed by atoms with Gasteiger partial charge in [-0.1, -0.05) is 56.6 Å². The summed E-state index contributed by atoms with van der Waals surface area (Å²) in [4.78, 5) is 6.93. The van der Waals surface area contributed by atoms with Crippen LogP contribution in [-0.4, -0.2) is 42.3 Å². The van der Waals surface area contributed by atoms with Crippen LogP contribution in [0.15, 0.2) is 47.5 Å². The molecule has 2 N–H and O–H groups in total. The Kier molecular flexibility index (Phi) is 6.47. The predicted octanol–water partition coefficient (Wildman–Crippen LogP) is 4.64. The standard InChI is InChI=1S/C22H28ClN3O2/c1-22(2,3)17-8-9-20(27)19(14-17)25-21(26-10-12-28-13-11-26)24-15-16-6-4-5-7-18(16)23/h4-9,14,27H,10-13,15H2,1-3H3,(H,24,25). The second-order valence-electron chi connectivity index (χ2n) is 7.94. The average Bonchev–Trinajstić information content (AvgIpc) is 2.67. The molecule has 0 spiro atoms. The fourth-order valence-electron chi connectivity index (χ4n) is 3.00. The first-order valence-electron chi connectivity index (χ1n) is 9.55. The van der Waals surface area contributed by atoms with Gasteiger partial charge in [0.2, 0.25) is 0 Å². The van der Waals surface area contributed by atoms with E-state index < -0.39 is 0 Å². The van der Waals surface area contributed by atoms with Crippen LogP contribution < -0.4 is 5.32 Å². The Bertz CT molecular complexity index is 840. The Morgan fingerprint density at radius 1 is 1.18 bits per heavy atom. The molecular weight excluding hydrogens is 374 g/mol. The van der Waals surface area contributed by atoms with Gasteiger partial charge in [-0.2, -0.15) is 0 Å². The molecule has 0 aliphatic carbocycles. The summed E-state index contributed by atoms with van der Waals surface area (Å²) in [5.74, 6) is 0.913. The van der Waals surface area contributed by atoms with Crippen LogP contribution in [0.1, 0.15) is 31.9 Å². The third-order valence-electron chi connectivity index (χ3n) is 4.78. The van der Waals surface area contributed by atoms with E-state index in [-0.39, 0.29) is 11.2 Å². The lowest BCUT2D eigenvalue weighted by Gasteiger charge is -2.30. The van der Waals surface area contributed by atoms with E-state index in [1.807, 2.05) is 36.4 Å². The topological polar surface area (TPSA) is 57.1 Å². The summed E-state index contributed by atoms with van der Waals surface area (Å²) >= 11 is 6.29. The summed E-state index contributed by atoms with van der Waals surface area (Å²) in [5.41, 5.74) is 2.74. The number of nitrogens with zero attached hydrogens (tertiary/aromatic N) is 2. The number of rotatable bonds is 3. The van der Waals surface area contributed by atoms with Crippen molar-refractivity contribution in [2.45, 2.75) is 32.7 Å². The number of benzene rings is 2. The largest absolute Gasteiger partial charge is 0.506 e. The molecule has 0 aromatic heterocycles. The first-order chi connectivity index (χ1) is 13.3. The number of nitrogens with one attached hydrogen (secondary N) is 1. The van der Waals surface area contributed by atoms with Crippen LogP contribution in [0.4, 0.5) is 5.69 Å². The summed E-state index contributed by atoms with van der Waals surface area (Å²) in [5, 5.41) is 14.4. The van der Waals surface area contributed by atoms with Crippen LogP contribution in [0.5, 0.6) is 5.75 Å². The molecule has 28 heavy (non-hydrogen) atoms. The van der Waals surface area contributed by atoms with Crippen LogP contribution in [0.2, 0.25) is 5.02 Å². The molecule has 1 fully saturated rings. The Labute approximate surface area is 172 Å². The summed E-state index contributed by atoms with van der Waals surface area (Å²) < 4.78 is 5.47. The molecule has 0 radical (unpaired) electrons. The molecule has 1 heterocycles. The number of hydrogen-bond donors (Lipinski definition) is 2. The highest BCUT2D eigenvalue weighted by Gasteiger charge is 2.19. The highest BCUT2D eigenvalue weighted by atomic mass is 35.5. The third-order valence-corrected chi connectivity index (χ3v) is 5.15. The van der Waals surface area contributed by atoms with E-state index in [0.29, 0.717) is 36.4 Å². The van der Waals surface area contributed by atoms with Crippen molar-refractivity contribution in [1.82, 2.24) is 4.90 Å². The summed E-state index contributed by atoms with van der Waals surface area (Å²) in [6.45, 7) is 9.70. The van der Waals surface area contributed by atoms with E-state index in [2.05, 4.69) is 31.0 Å². The number of phenolic OH excluding ortho intramolecular Hbond substituents is 1. The first-order valence-corrected chi connectivity index (χ1v) is 9.93. The Morgan fingerprint density at radius 2 is 1.89 bits per heavy atom. The molecule has 5 nitrogen and oxygen atoms in total. The van der Waals surface area contributed by atoms with Gasteiger partial charge in [0.15, 0.2) is 5.96 Å². The highest BCUT2D eigenvalue weighted by Crippen LogP contribution is 2.31.